The third-order valence-corrected chi connectivity index (χ3v) is 7.08. The molecule has 1 aromatic heterocycles. The lowest BCUT2D eigenvalue weighted by atomic mass is 9.98. The fourth-order valence-electron chi connectivity index (χ4n) is 3.76. The van der Waals surface area contributed by atoms with Crippen LogP contribution in [0.3, 0.4) is 0 Å². The first kappa shape index (κ1) is 24.1. The predicted octanol–water partition coefficient (Wildman–Crippen LogP) is 6.17. The average molecular weight is 494 g/mol. The maximum Gasteiger partial charge on any atom is 0.139 e. The predicted molar refractivity (Wildman–Crippen MR) is 144 cm³/mol. The van der Waals surface area contributed by atoms with Crippen molar-refractivity contribution in [1.29, 1.82) is 0 Å². The molecule has 1 unspecified atom stereocenters. The van der Waals surface area contributed by atoms with Crippen molar-refractivity contribution in [2.45, 2.75) is 26.3 Å². The largest absolute Gasteiger partial charge is 0.501 e. The van der Waals surface area contributed by atoms with Crippen molar-refractivity contribution in [3.8, 4) is 11.1 Å². The molecule has 2 aromatic carbocycles. The number of benzene rings is 2. The van der Waals surface area contributed by atoms with Crippen LogP contribution in [0.5, 0.6) is 0 Å². The van der Waals surface area contributed by atoms with Crippen molar-refractivity contribution >= 4 is 38.6 Å². The first-order valence-corrected chi connectivity index (χ1v) is 13.1. The molecule has 1 aliphatic carbocycles. The molecule has 34 heavy (non-hydrogen) atoms. The summed E-state index contributed by atoms with van der Waals surface area (Å²) in [5.74, 6) is 4.85. The monoisotopic (exact) mass is 493 g/mol. The number of halogens is 1. The van der Waals surface area contributed by atoms with Crippen LogP contribution < -0.4 is 9.44 Å². The van der Waals surface area contributed by atoms with E-state index in [4.69, 9.17) is 16.3 Å². The van der Waals surface area contributed by atoms with Crippen molar-refractivity contribution < 1.29 is 8.95 Å². The third-order valence-electron chi connectivity index (χ3n) is 5.64. The normalized spacial score (nSPS) is 15.1. The summed E-state index contributed by atoms with van der Waals surface area (Å²) in [5.41, 5.74) is 6.10. The summed E-state index contributed by atoms with van der Waals surface area (Å²) in [7, 11) is -1.21. The highest BCUT2D eigenvalue weighted by Crippen LogP contribution is 2.38. The van der Waals surface area contributed by atoms with Crippen LogP contribution in [0.1, 0.15) is 29.7 Å². The number of hydrogen-bond donors (Lipinski definition) is 2. The molecule has 176 valence electrons. The van der Waals surface area contributed by atoms with Crippen LogP contribution in [0.15, 0.2) is 78.6 Å². The number of pyridine rings is 1. The standard InChI is InChI=1S/C27H28ClN3O2S/c1-19-9-11-22(12-10-19)26-25(31-34(3,32)29-18-20-7-5-4-6-8-20)17-24(30-27(26)28)21-13-15-23(33-2)16-14-21/h4-13,15,17H,3,14,16,18H2,1-2H3,(H2,29,30,31,32). The summed E-state index contributed by atoms with van der Waals surface area (Å²) in [6.07, 6.45) is 5.50. The minimum absolute atomic E-state index is 0.338. The molecule has 1 atom stereocenters. The van der Waals surface area contributed by atoms with Crippen molar-refractivity contribution in [1.82, 2.24) is 9.71 Å². The van der Waals surface area contributed by atoms with E-state index in [2.05, 4.69) is 20.3 Å². The van der Waals surface area contributed by atoms with Gasteiger partial charge in [-0.2, -0.15) is 0 Å². The second-order valence-electron chi connectivity index (χ2n) is 8.20. The fraction of sp³-hybridized carbons (Fsp3) is 0.185. The Kier molecular flexibility index (Phi) is 7.41. The second-order valence-corrected chi connectivity index (χ2v) is 10.4. The molecule has 7 heteroatoms. The van der Waals surface area contributed by atoms with Crippen molar-refractivity contribution in [2.24, 2.45) is 0 Å². The molecule has 0 saturated heterocycles. The quantitative estimate of drug-likeness (QED) is 0.291. The maximum absolute atomic E-state index is 13.4. The molecule has 1 heterocycles. The second kappa shape index (κ2) is 10.5. The Balaban J connectivity index is 1.71. The molecule has 1 aliphatic rings. The van der Waals surface area contributed by atoms with E-state index in [1.807, 2.05) is 79.7 Å². The topological polar surface area (TPSA) is 63.2 Å². The molecule has 0 aliphatic heterocycles. The molecular formula is C27H28ClN3O2S. The van der Waals surface area contributed by atoms with Crippen molar-refractivity contribution in [3.05, 3.63) is 101 Å². The lowest BCUT2D eigenvalue weighted by Gasteiger charge is -2.20. The van der Waals surface area contributed by atoms with Crippen molar-refractivity contribution in [3.63, 3.8) is 0 Å². The van der Waals surface area contributed by atoms with E-state index in [0.717, 1.165) is 46.6 Å². The summed E-state index contributed by atoms with van der Waals surface area (Å²) in [5, 5.41) is 0.338. The van der Waals surface area contributed by atoms with Gasteiger partial charge in [0.25, 0.3) is 0 Å². The molecule has 0 amide bonds. The Morgan fingerprint density at radius 1 is 1.09 bits per heavy atom. The summed E-state index contributed by atoms with van der Waals surface area (Å²) in [4.78, 5) is 4.68. The molecule has 0 fully saturated rings. The Labute approximate surface area is 206 Å². The lowest BCUT2D eigenvalue weighted by Crippen LogP contribution is -2.29. The lowest BCUT2D eigenvalue weighted by molar-refractivity contribution is 0.277. The molecular weight excluding hydrogens is 466 g/mol. The number of methoxy groups -OCH3 is 1. The minimum Gasteiger partial charge on any atom is -0.501 e. The van der Waals surface area contributed by atoms with Gasteiger partial charge in [-0.05, 0) is 48.1 Å². The number of aryl methyl sites for hydroxylation is 1. The molecule has 2 N–H and O–H groups in total. The van der Waals surface area contributed by atoms with Crippen LogP contribution in [0.4, 0.5) is 5.69 Å². The van der Waals surface area contributed by atoms with Gasteiger partial charge in [0.05, 0.1) is 24.3 Å². The van der Waals surface area contributed by atoms with E-state index in [9.17, 15) is 4.21 Å². The summed E-state index contributed by atoms with van der Waals surface area (Å²) in [6, 6.07) is 19.7. The fourth-order valence-corrected chi connectivity index (χ4v) is 5.06. The first-order valence-electron chi connectivity index (χ1n) is 11.0. The number of nitrogens with zero attached hydrogens (tertiary/aromatic N) is 1. The van der Waals surface area contributed by atoms with E-state index in [1.54, 1.807) is 7.11 Å². The van der Waals surface area contributed by atoms with Gasteiger partial charge >= 0.3 is 0 Å². The molecule has 3 aromatic rings. The van der Waals surface area contributed by atoms with Crippen LogP contribution >= 0.6 is 11.6 Å². The molecule has 0 saturated carbocycles. The van der Waals surface area contributed by atoms with Crippen molar-refractivity contribution in [2.75, 3.05) is 11.8 Å². The Hall–Kier alpha value is -3.06. The van der Waals surface area contributed by atoms with Gasteiger partial charge in [-0.3, -0.25) is 0 Å². The summed E-state index contributed by atoms with van der Waals surface area (Å²) in [6.45, 7) is 2.44. The van der Waals surface area contributed by atoms with Gasteiger partial charge in [0.1, 0.15) is 15.0 Å². The number of nitrogens with one attached hydrogen (secondary N) is 2. The molecule has 0 spiro atoms. The molecule has 4 rings (SSSR count). The SMILES string of the molecule is C=S(=O)(NCc1ccccc1)Nc1cc(C2=CC=C(OC)CC2)nc(Cl)c1-c1ccc(C)cc1. The number of ether oxygens (including phenoxy) is 1. The Bertz CT molecular complexity index is 1330. The van der Waals surface area contributed by atoms with Gasteiger partial charge in [-0.25, -0.2) is 13.9 Å². The number of aromatic nitrogens is 1. The zero-order valence-corrected chi connectivity index (χ0v) is 20.9. The summed E-state index contributed by atoms with van der Waals surface area (Å²) >= 11 is 6.73. The van der Waals surface area contributed by atoms with E-state index >= 15 is 0 Å². The van der Waals surface area contributed by atoms with Crippen LogP contribution in [0.2, 0.25) is 5.15 Å². The van der Waals surface area contributed by atoms with Gasteiger partial charge in [0.2, 0.25) is 0 Å². The number of hydrogen-bond acceptors (Lipinski definition) is 3. The highest BCUT2D eigenvalue weighted by Gasteiger charge is 2.19. The molecule has 0 bridgehead atoms. The highest BCUT2D eigenvalue weighted by atomic mass is 35.5. The van der Waals surface area contributed by atoms with Crippen LogP contribution in [-0.4, -0.2) is 22.2 Å². The van der Waals surface area contributed by atoms with E-state index < -0.39 is 9.89 Å². The van der Waals surface area contributed by atoms with E-state index in [-0.39, 0.29) is 0 Å². The van der Waals surface area contributed by atoms with Gasteiger partial charge in [0, 0.05) is 18.5 Å². The number of rotatable bonds is 8. The van der Waals surface area contributed by atoms with Crippen LogP contribution in [0.25, 0.3) is 16.7 Å². The van der Waals surface area contributed by atoms with E-state index in [0.29, 0.717) is 22.9 Å². The summed E-state index contributed by atoms with van der Waals surface area (Å²) < 4.78 is 24.9. The van der Waals surface area contributed by atoms with Gasteiger partial charge in [0.15, 0.2) is 0 Å². The molecule has 0 radical (unpaired) electrons. The van der Waals surface area contributed by atoms with E-state index in [1.165, 1.54) is 0 Å². The van der Waals surface area contributed by atoms with Crippen LogP contribution in [-0.2, 0) is 21.2 Å². The smallest absolute Gasteiger partial charge is 0.139 e. The third kappa shape index (κ3) is 5.89. The average Bonchev–Trinajstić information content (AvgIpc) is 2.84. The van der Waals surface area contributed by atoms with Crippen LogP contribution in [0, 0.1) is 6.92 Å². The number of allylic oxidation sites excluding steroid dienone is 4. The van der Waals surface area contributed by atoms with Gasteiger partial charge in [-0.1, -0.05) is 77.8 Å². The number of anilines is 1. The Morgan fingerprint density at radius 3 is 2.47 bits per heavy atom. The zero-order chi connectivity index (χ0) is 24.1. The van der Waals surface area contributed by atoms with Gasteiger partial charge < -0.3 is 9.46 Å². The highest BCUT2D eigenvalue weighted by molar-refractivity contribution is 7.99. The maximum atomic E-state index is 13.4. The molecule has 5 nitrogen and oxygen atoms in total. The Morgan fingerprint density at radius 2 is 1.82 bits per heavy atom. The zero-order valence-electron chi connectivity index (χ0n) is 19.3. The first-order chi connectivity index (χ1) is 16.3. The van der Waals surface area contributed by atoms with Gasteiger partial charge in [-0.15, -0.1) is 0 Å². The minimum atomic E-state index is -2.89.